The van der Waals surface area contributed by atoms with Crippen LogP contribution in [0, 0.1) is 0 Å². The number of fused-ring (bicyclic) bond motifs is 1. The van der Waals surface area contributed by atoms with Gasteiger partial charge in [0.1, 0.15) is 13.2 Å². The summed E-state index contributed by atoms with van der Waals surface area (Å²) in [6, 6.07) is 6.30. The molecule has 1 N–H and O–H groups in total. The van der Waals surface area contributed by atoms with Crippen molar-refractivity contribution in [1.29, 1.82) is 0 Å². The fraction of sp³-hybridized carbons (Fsp3) is 0.600. The van der Waals surface area contributed by atoms with Gasteiger partial charge in [0.2, 0.25) is 0 Å². The molecule has 1 saturated heterocycles. The normalized spacial score (nSPS) is 27.3. The molecule has 1 atom stereocenters. The Labute approximate surface area is 114 Å². The Balaban J connectivity index is 1.75. The highest BCUT2D eigenvalue weighted by Crippen LogP contribution is 2.32. The number of hydrogen-bond acceptors (Lipinski definition) is 4. The van der Waals surface area contributed by atoms with Crippen LogP contribution in [0.3, 0.4) is 0 Å². The molecular weight excluding hydrogens is 240 g/mol. The third kappa shape index (κ3) is 2.85. The lowest BCUT2D eigenvalue weighted by molar-refractivity contribution is 0.166. The molecular formula is C15H22N2O2. The number of nitrogens with zero attached hydrogens (tertiary/aromatic N) is 1. The standard InChI is InChI=1S/C15H22N2O2/c1-15(11-17(2)6-5-16-15)10-12-3-4-13-14(9-12)19-8-7-18-13/h3-4,9,16H,5-8,10-11H2,1-2H3. The molecule has 0 bridgehead atoms. The molecule has 0 amide bonds. The van der Waals surface area contributed by atoms with Crippen LogP contribution < -0.4 is 14.8 Å². The average molecular weight is 262 g/mol. The number of hydrogen-bond donors (Lipinski definition) is 1. The quantitative estimate of drug-likeness (QED) is 0.871. The molecule has 0 spiro atoms. The smallest absolute Gasteiger partial charge is 0.161 e. The third-order valence-corrected chi connectivity index (χ3v) is 3.87. The van der Waals surface area contributed by atoms with Crippen molar-refractivity contribution in [3.05, 3.63) is 23.8 Å². The summed E-state index contributed by atoms with van der Waals surface area (Å²) in [7, 11) is 2.18. The Morgan fingerprint density at radius 2 is 2.05 bits per heavy atom. The van der Waals surface area contributed by atoms with Crippen LogP contribution in [0.15, 0.2) is 18.2 Å². The molecule has 1 fully saturated rings. The van der Waals surface area contributed by atoms with E-state index in [2.05, 4.69) is 36.3 Å². The van der Waals surface area contributed by atoms with Crippen molar-refractivity contribution in [3.63, 3.8) is 0 Å². The Morgan fingerprint density at radius 1 is 1.26 bits per heavy atom. The van der Waals surface area contributed by atoms with E-state index in [0.717, 1.165) is 37.6 Å². The van der Waals surface area contributed by atoms with Crippen molar-refractivity contribution >= 4 is 0 Å². The van der Waals surface area contributed by atoms with Gasteiger partial charge in [-0.05, 0) is 38.1 Å². The van der Waals surface area contributed by atoms with E-state index in [9.17, 15) is 0 Å². The molecule has 4 nitrogen and oxygen atoms in total. The molecule has 0 aliphatic carbocycles. The monoisotopic (exact) mass is 262 g/mol. The van der Waals surface area contributed by atoms with Gasteiger partial charge in [-0.2, -0.15) is 0 Å². The Bertz CT molecular complexity index is 463. The molecule has 19 heavy (non-hydrogen) atoms. The fourth-order valence-electron chi connectivity index (χ4n) is 3.05. The summed E-state index contributed by atoms with van der Waals surface area (Å²) in [5, 5.41) is 3.64. The first-order valence-corrected chi connectivity index (χ1v) is 6.97. The Kier molecular flexibility index (Phi) is 3.37. The second-order valence-electron chi connectivity index (χ2n) is 5.88. The van der Waals surface area contributed by atoms with Crippen LogP contribution in [0.5, 0.6) is 11.5 Å². The topological polar surface area (TPSA) is 33.7 Å². The van der Waals surface area contributed by atoms with Gasteiger partial charge in [0.05, 0.1) is 0 Å². The predicted molar refractivity (Wildman–Crippen MR) is 75.0 cm³/mol. The number of piperazine rings is 1. The highest BCUT2D eigenvalue weighted by molar-refractivity contribution is 5.44. The van der Waals surface area contributed by atoms with Crippen molar-refractivity contribution in [2.75, 3.05) is 39.9 Å². The van der Waals surface area contributed by atoms with Gasteiger partial charge in [0.15, 0.2) is 11.5 Å². The molecule has 1 aromatic carbocycles. The molecule has 3 rings (SSSR count). The number of likely N-dealkylation sites (N-methyl/N-ethyl adjacent to an activating group) is 1. The van der Waals surface area contributed by atoms with E-state index in [-0.39, 0.29) is 5.54 Å². The molecule has 1 unspecified atom stereocenters. The van der Waals surface area contributed by atoms with Crippen LogP contribution in [0.1, 0.15) is 12.5 Å². The van der Waals surface area contributed by atoms with Gasteiger partial charge in [-0.15, -0.1) is 0 Å². The summed E-state index contributed by atoms with van der Waals surface area (Å²) in [5.41, 5.74) is 1.44. The summed E-state index contributed by atoms with van der Waals surface area (Å²) in [4.78, 5) is 2.38. The van der Waals surface area contributed by atoms with Crippen molar-refractivity contribution in [1.82, 2.24) is 10.2 Å². The minimum Gasteiger partial charge on any atom is -0.486 e. The minimum absolute atomic E-state index is 0.136. The van der Waals surface area contributed by atoms with Gasteiger partial charge in [0, 0.05) is 25.2 Å². The van der Waals surface area contributed by atoms with Gasteiger partial charge >= 0.3 is 0 Å². The summed E-state index contributed by atoms with van der Waals surface area (Å²) in [6.07, 6.45) is 1.01. The largest absolute Gasteiger partial charge is 0.486 e. The lowest BCUT2D eigenvalue weighted by atomic mass is 9.90. The maximum Gasteiger partial charge on any atom is 0.161 e. The van der Waals surface area contributed by atoms with E-state index < -0.39 is 0 Å². The van der Waals surface area contributed by atoms with Crippen molar-refractivity contribution in [2.45, 2.75) is 18.9 Å². The van der Waals surface area contributed by atoms with Gasteiger partial charge in [-0.1, -0.05) is 6.07 Å². The third-order valence-electron chi connectivity index (χ3n) is 3.87. The first-order valence-electron chi connectivity index (χ1n) is 6.97. The van der Waals surface area contributed by atoms with Crippen LogP contribution in [0.2, 0.25) is 0 Å². The lowest BCUT2D eigenvalue weighted by Gasteiger charge is -2.40. The molecule has 0 radical (unpaired) electrons. The number of benzene rings is 1. The van der Waals surface area contributed by atoms with E-state index in [0.29, 0.717) is 13.2 Å². The summed E-state index contributed by atoms with van der Waals surface area (Å²) < 4.78 is 11.2. The van der Waals surface area contributed by atoms with E-state index in [4.69, 9.17) is 9.47 Å². The molecule has 104 valence electrons. The van der Waals surface area contributed by atoms with Crippen molar-refractivity contribution in [2.24, 2.45) is 0 Å². The van der Waals surface area contributed by atoms with E-state index in [1.165, 1.54) is 5.56 Å². The van der Waals surface area contributed by atoms with Crippen LogP contribution in [-0.2, 0) is 6.42 Å². The number of ether oxygens (including phenoxy) is 2. The zero-order valence-corrected chi connectivity index (χ0v) is 11.7. The summed E-state index contributed by atoms with van der Waals surface area (Å²) in [5.74, 6) is 1.75. The van der Waals surface area contributed by atoms with E-state index in [1.54, 1.807) is 0 Å². The molecule has 1 aromatic rings. The molecule has 2 aliphatic heterocycles. The molecule has 0 saturated carbocycles. The van der Waals surface area contributed by atoms with Gasteiger partial charge in [-0.25, -0.2) is 0 Å². The zero-order valence-electron chi connectivity index (χ0n) is 11.7. The highest BCUT2D eigenvalue weighted by Gasteiger charge is 2.29. The van der Waals surface area contributed by atoms with Gasteiger partial charge in [0.25, 0.3) is 0 Å². The van der Waals surface area contributed by atoms with Crippen molar-refractivity contribution < 1.29 is 9.47 Å². The maximum absolute atomic E-state index is 5.65. The highest BCUT2D eigenvalue weighted by atomic mass is 16.6. The van der Waals surface area contributed by atoms with Gasteiger partial charge in [-0.3, -0.25) is 0 Å². The lowest BCUT2D eigenvalue weighted by Crippen LogP contribution is -2.58. The average Bonchev–Trinajstić information content (AvgIpc) is 2.38. The molecule has 0 aromatic heterocycles. The first kappa shape index (κ1) is 12.8. The summed E-state index contributed by atoms with van der Waals surface area (Å²) in [6.45, 7) is 6.83. The zero-order chi connectivity index (χ0) is 13.3. The van der Waals surface area contributed by atoms with Crippen LogP contribution >= 0.6 is 0 Å². The van der Waals surface area contributed by atoms with Crippen LogP contribution in [-0.4, -0.2) is 50.3 Å². The number of nitrogens with one attached hydrogen (secondary N) is 1. The number of rotatable bonds is 2. The second kappa shape index (κ2) is 5.02. The van der Waals surface area contributed by atoms with Crippen LogP contribution in [0.25, 0.3) is 0 Å². The van der Waals surface area contributed by atoms with E-state index >= 15 is 0 Å². The van der Waals surface area contributed by atoms with Crippen LogP contribution in [0.4, 0.5) is 0 Å². The fourth-order valence-corrected chi connectivity index (χ4v) is 3.05. The summed E-state index contributed by atoms with van der Waals surface area (Å²) >= 11 is 0. The van der Waals surface area contributed by atoms with Crippen molar-refractivity contribution in [3.8, 4) is 11.5 Å². The predicted octanol–water partition coefficient (Wildman–Crippen LogP) is 1.29. The molecule has 2 aliphatic rings. The maximum atomic E-state index is 5.65. The SMILES string of the molecule is CN1CCNC(C)(Cc2ccc3c(c2)OCCO3)C1. The second-order valence-corrected chi connectivity index (χ2v) is 5.88. The Morgan fingerprint density at radius 3 is 2.84 bits per heavy atom. The molecule has 2 heterocycles. The molecule has 4 heteroatoms. The van der Waals surface area contributed by atoms with Gasteiger partial charge < -0.3 is 19.7 Å². The minimum atomic E-state index is 0.136. The first-order chi connectivity index (χ1) is 9.15. The van der Waals surface area contributed by atoms with E-state index in [1.807, 2.05) is 6.07 Å². The Hall–Kier alpha value is -1.26.